The van der Waals surface area contributed by atoms with Crippen LogP contribution in [0.3, 0.4) is 0 Å². The lowest BCUT2D eigenvalue weighted by atomic mass is 9.44. The topological polar surface area (TPSA) is 119 Å². The van der Waals surface area contributed by atoms with Gasteiger partial charge in [0.05, 0.1) is 12.2 Å². The van der Waals surface area contributed by atoms with E-state index in [0.717, 1.165) is 16.7 Å². The second-order valence-corrected chi connectivity index (χ2v) is 13.6. The molecular formula is C36H38FNO6. The van der Waals surface area contributed by atoms with Gasteiger partial charge < -0.3 is 25.4 Å². The lowest BCUT2D eigenvalue weighted by Crippen LogP contribution is -2.69. The van der Waals surface area contributed by atoms with Crippen molar-refractivity contribution in [3.63, 3.8) is 0 Å². The van der Waals surface area contributed by atoms with E-state index in [4.69, 9.17) is 15.2 Å². The van der Waals surface area contributed by atoms with Gasteiger partial charge in [0.1, 0.15) is 6.61 Å². The zero-order valence-corrected chi connectivity index (χ0v) is 24.9. The first-order chi connectivity index (χ1) is 21.0. The van der Waals surface area contributed by atoms with Crippen molar-refractivity contribution in [3.8, 4) is 0 Å². The third-order valence-electron chi connectivity index (χ3n) is 11.5. The van der Waals surface area contributed by atoms with E-state index in [2.05, 4.69) is 0 Å². The van der Waals surface area contributed by atoms with Gasteiger partial charge in [-0.15, -0.1) is 0 Å². The van der Waals surface area contributed by atoms with Gasteiger partial charge in [0.25, 0.3) is 0 Å². The van der Waals surface area contributed by atoms with Gasteiger partial charge in [-0.3, -0.25) is 9.59 Å². The Bertz CT molecular complexity index is 1620. The molecule has 1 aliphatic heterocycles. The molecule has 0 radical (unpaired) electrons. The molecule has 4 fully saturated rings. The average molecular weight is 600 g/mol. The van der Waals surface area contributed by atoms with Gasteiger partial charge in [0.15, 0.2) is 29.1 Å². The molecule has 9 atom stereocenters. The van der Waals surface area contributed by atoms with E-state index in [-0.39, 0.29) is 18.1 Å². The molecule has 230 valence electrons. The number of carbonyl (C=O) groups is 2. The number of Topliss-reactive ketones (excluding diaryl/α,β-unsaturated/α-hetero) is 1. The van der Waals surface area contributed by atoms with Crippen molar-refractivity contribution in [2.75, 3.05) is 12.3 Å². The smallest absolute Gasteiger partial charge is 0.193 e. The second-order valence-electron chi connectivity index (χ2n) is 13.6. The maximum atomic E-state index is 17.5. The van der Waals surface area contributed by atoms with Crippen LogP contribution >= 0.6 is 0 Å². The highest BCUT2D eigenvalue weighted by Crippen LogP contribution is 2.72. The highest BCUT2D eigenvalue weighted by Gasteiger charge is 2.79. The zero-order valence-electron chi connectivity index (χ0n) is 24.9. The highest BCUT2D eigenvalue weighted by atomic mass is 19.1. The number of hydrogen-bond donors (Lipinski definition) is 3. The van der Waals surface area contributed by atoms with E-state index in [1.165, 1.54) is 12.2 Å². The molecule has 0 amide bonds. The summed E-state index contributed by atoms with van der Waals surface area (Å²) in [5, 5.41) is 21.9. The van der Waals surface area contributed by atoms with Crippen molar-refractivity contribution in [1.82, 2.24) is 0 Å². The number of rotatable bonds is 5. The number of carbonyl (C=O) groups excluding carboxylic acids is 2. The Kier molecular flexibility index (Phi) is 6.68. The fraction of sp³-hybridized carbons (Fsp3) is 0.444. The summed E-state index contributed by atoms with van der Waals surface area (Å²) in [6.07, 6.45) is 6.74. The molecule has 7 rings (SSSR count). The van der Waals surface area contributed by atoms with Gasteiger partial charge in [0.2, 0.25) is 0 Å². The molecule has 3 saturated carbocycles. The molecule has 0 aromatic heterocycles. The first kappa shape index (κ1) is 29.3. The Morgan fingerprint density at radius 3 is 2.59 bits per heavy atom. The van der Waals surface area contributed by atoms with Gasteiger partial charge in [-0.05, 0) is 73.9 Å². The van der Waals surface area contributed by atoms with Crippen molar-refractivity contribution >= 4 is 29.4 Å². The number of halogens is 1. The van der Waals surface area contributed by atoms with Crippen molar-refractivity contribution < 1.29 is 33.7 Å². The number of hydrogen-bond acceptors (Lipinski definition) is 7. The van der Waals surface area contributed by atoms with E-state index in [1.54, 1.807) is 13.0 Å². The minimum Gasteiger partial charge on any atom is -0.399 e. The summed E-state index contributed by atoms with van der Waals surface area (Å²) in [5.74, 6) is -1.62. The van der Waals surface area contributed by atoms with E-state index < -0.39 is 58.9 Å². The second kappa shape index (κ2) is 10.0. The van der Waals surface area contributed by atoms with Crippen molar-refractivity contribution in [3.05, 3.63) is 89.0 Å². The van der Waals surface area contributed by atoms with Gasteiger partial charge in [-0.2, -0.15) is 0 Å². The molecule has 0 bridgehead atoms. The molecule has 0 spiro atoms. The monoisotopic (exact) mass is 599 g/mol. The number of nitrogen functional groups attached to an aromatic ring is 1. The van der Waals surface area contributed by atoms with E-state index in [1.807, 2.05) is 67.6 Å². The number of fused-ring (bicyclic) bond motifs is 7. The molecule has 7 nitrogen and oxygen atoms in total. The van der Waals surface area contributed by atoms with Crippen molar-refractivity contribution in [2.45, 2.75) is 69.3 Å². The summed E-state index contributed by atoms with van der Waals surface area (Å²) in [7, 11) is 0. The highest BCUT2D eigenvalue weighted by molar-refractivity contribution is 6.01. The van der Waals surface area contributed by atoms with Crippen LogP contribution < -0.4 is 5.73 Å². The summed E-state index contributed by atoms with van der Waals surface area (Å²) in [4.78, 5) is 25.9. The number of ether oxygens (including phenoxy) is 2. The number of aliphatic hydroxyl groups is 2. The fourth-order valence-corrected chi connectivity index (χ4v) is 9.34. The van der Waals surface area contributed by atoms with Crippen LogP contribution in [0.4, 0.5) is 10.1 Å². The van der Waals surface area contributed by atoms with Crippen molar-refractivity contribution in [2.24, 2.45) is 22.7 Å². The number of anilines is 1. The lowest BCUT2D eigenvalue weighted by molar-refractivity contribution is -0.231. The molecule has 2 aromatic rings. The van der Waals surface area contributed by atoms with Gasteiger partial charge in [-0.25, -0.2) is 4.39 Å². The standard InChI is InChI=1S/C36H38FNO6/c1-33-15-14-26(40)17-24(33)12-13-27-28-18-31-36(30(42)20-39,34(28,2)19-29(41)35(27,33)37)44-32(43-31)23-10-8-21(9-11-23)6-7-22-4-3-5-25(38)16-22/h3-11,14-17,27-29,31-32,39,41H,12-13,18-20,38H2,1-2H3/b7-6+/t27-,28-,29-,31+,32+,33-,34-,35-,36+/m0/s1. The van der Waals surface area contributed by atoms with Crippen LogP contribution in [0, 0.1) is 22.7 Å². The molecule has 4 aliphatic carbocycles. The van der Waals surface area contributed by atoms with Crippen LogP contribution in [0.25, 0.3) is 12.2 Å². The number of ketones is 2. The number of alkyl halides is 1. The fourth-order valence-electron chi connectivity index (χ4n) is 9.34. The summed E-state index contributed by atoms with van der Waals surface area (Å²) < 4.78 is 30.6. The maximum Gasteiger partial charge on any atom is 0.193 e. The van der Waals surface area contributed by atoms with Gasteiger partial charge in [0, 0.05) is 28.0 Å². The SMILES string of the molecule is C[C@]12C=CC(=O)C=C1CC[C@H]1[C@@H]3C[C@H]4O[C@@H](c5ccc(/C=C/c6cccc(N)c6)cc5)O[C@@]4(C(=O)CO)[C@@]3(C)C[C@H](O)[C@@]12F. The van der Waals surface area contributed by atoms with E-state index in [9.17, 15) is 19.8 Å². The van der Waals surface area contributed by atoms with Crippen LogP contribution in [-0.4, -0.2) is 51.9 Å². The molecule has 8 heteroatoms. The number of benzene rings is 2. The summed E-state index contributed by atoms with van der Waals surface area (Å²) >= 11 is 0. The Labute approximate surface area is 256 Å². The molecular weight excluding hydrogens is 561 g/mol. The van der Waals surface area contributed by atoms with Crippen molar-refractivity contribution in [1.29, 1.82) is 0 Å². The van der Waals surface area contributed by atoms with Crippen LogP contribution in [0.5, 0.6) is 0 Å². The molecule has 44 heavy (non-hydrogen) atoms. The first-order valence-corrected chi connectivity index (χ1v) is 15.4. The summed E-state index contributed by atoms with van der Waals surface area (Å²) in [6, 6.07) is 15.2. The molecule has 0 unspecified atom stereocenters. The van der Waals surface area contributed by atoms with E-state index in [0.29, 0.717) is 30.5 Å². The number of nitrogens with two attached hydrogens (primary N) is 1. The third-order valence-corrected chi connectivity index (χ3v) is 11.5. The Hall–Kier alpha value is -3.43. The normalized spacial score (nSPS) is 40.7. The molecule has 2 aromatic carbocycles. The quantitative estimate of drug-likeness (QED) is 0.322. The zero-order chi connectivity index (χ0) is 31.1. The van der Waals surface area contributed by atoms with E-state index >= 15 is 4.39 Å². The summed E-state index contributed by atoms with van der Waals surface area (Å²) in [6.45, 7) is 2.90. The predicted molar refractivity (Wildman–Crippen MR) is 163 cm³/mol. The minimum atomic E-state index is -2.03. The Balaban J connectivity index is 1.19. The largest absolute Gasteiger partial charge is 0.399 e. The predicted octanol–water partition coefficient (Wildman–Crippen LogP) is 5.13. The van der Waals surface area contributed by atoms with Crippen LogP contribution in [0.15, 0.2) is 72.3 Å². The van der Waals surface area contributed by atoms with Crippen LogP contribution in [0.1, 0.15) is 62.5 Å². The Morgan fingerprint density at radius 2 is 1.86 bits per heavy atom. The Morgan fingerprint density at radius 1 is 1.11 bits per heavy atom. The number of allylic oxidation sites excluding steroid dienone is 4. The van der Waals surface area contributed by atoms with Gasteiger partial charge >= 0.3 is 0 Å². The molecule has 4 N–H and O–H groups in total. The maximum absolute atomic E-state index is 17.5. The average Bonchev–Trinajstić information content (AvgIpc) is 3.50. The summed E-state index contributed by atoms with van der Waals surface area (Å²) in [5.41, 5.74) is 4.23. The first-order valence-electron chi connectivity index (χ1n) is 15.4. The van der Waals surface area contributed by atoms with Crippen LogP contribution in [-0.2, 0) is 19.1 Å². The van der Waals surface area contributed by atoms with Gasteiger partial charge in [-0.1, -0.05) is 67.1 Å². The molecule has 5 aliphatic rings. The lowest BCUT2D eigenvalue weighted by Gasteiger charge is -2.62. The molecule has 1 heterocycles. The number of aliphatic hydroxyl groups excluding tert-OH is 2. The van der Waals surface area contributed by atoms with Crippen LogP contribution in [0.2, 0.25) is 0 Å². The third kappa shape index (κ3) is 3.87. The molecule has 1 saturated heterocycles. The minimum absolute atomic E-state index is 0.0403.